The van der Waals surface area contributed by atoms with Crippen LogP contribution in [-0.4, -0.2) is 38.3 Å². The summed E-state index contributed by atoms with van der Waals surface area (Å²) in [6.45, 7) is 1.78. The van der Waals surface area contributed by atoms with Crippen molar-refractivity contribution in [3.63, 3.8) is 0 Å². The van der Waals surface area contributed by atoms with E-state index in [1.54, 1.807) is 37.3 Å². The van der Waals surface area contributed by atoms with Crippen molar-refractivity contribution in [1.82, 2.24) is 4.98 Å². The van der Waals surface area contributed by atoms with Gasteiger partial charge in [-0.1, -0.05) is 18.3 Å². The van der Waals surface area contributed by atoms with Gasteiger partial charge in [0, 0.05) is 24.2 Å². The van der Waals surface area contributed by atoms with Gasteiger partial charge in [-0.2, -0.15) is 0 Å². The second kappa shape index (κ2) is 9.31. The summed E-state index contributed by atoms with van der Waals surface area (Å²) < 4.78 is 16.7. The molecule has 10 heteroatoms. The van der Waals surface area contributed by atoms with Crippen LogP contribution in [0.25, 0.3) is 10.2 Å². The molecule has 30 heavy (non-hydrogen) atoms. The maximum Gasteiger partial charge on any atom is 0.323 e. The molecule has 3 amide bonds. The Hall–Kier alpha value is -3.53. The lowest BCUT2D eigenvalue weighted by Gasteiger charge is -2.15. The molecule has 1 heterocycles. The molecule has 9 nitrogen and oxygen atoms in total. The predicted octanol–water partition coefficient (Wildman–Crippen LogP) is 4.31. The van der Waals surface area contributed by atoms with Crippen LogP contribution < -0.4 is 30.2 Å². The molecular formula is C20H22N4O5S. The summed E-state index contributed by atoms with van der Waals surface area (Å²) in [5.74, 6) is 1.20. The quantitative estimate of drug-likeness (QED) is 0.515. The van der Waals surface area contributed by atoms with Crippen LogP contribution in [-0.2, 0) is 4.79 Å². The molecule has 3 rings (SSSR count). The zero-order valence-corrected chi connectivity index (χ0v) is 17.8. The van der Waals surface area contributed by atoms with Crippen molar-refractivity contribution in [3.8, 4) is 17.2 Å². The van der Waals surface area contributed by atoms with E-state index in [1.807, 2.05) is 0 Å². The second-order valence-corrected chi connectivity index (χ2v) is 7.13. The Bertz CT molecular complexity index is 1060. The molecular weight excluding hydrogens is 408 g/mol. The average Bonchev–Trinajstić information content (AvgIpc) is 3.13. The van der Waals surface area contributed by atoms with E-state index in [2.05, 4.69) is 20.9 Å². The van der Waals surface area contributed by atoms with Crippen molar-refractivity contribution in [2.45, 2.75) is 13.3 Å². The lowest BCUT2D eigenvalue weighted by atomic mass is 10.2. The number of anilines is 3. The number of methoxy groups -OCH3 is 3. The van der Waals surface area contributed by atoms with Crippen LogP contribution in [0, 0.1) is 0 Å². The lowest BCUT2D eigenvalue weighted by molar-refractivity contribution is -0.115. The number of nitrogens with zero attached hydrogens (tertiary/aromatic N) is 1. The molecule has 0 aliphatic rings. The van der Waals surface area contributed by atoms with Gasteiger partial charge in [0.15, 0.2) is 16.6 Å². The third-order valence-electron chi connectivity index (χ3n) is 4.14. The smallest absolute Gasteiger partial charge is 0.323 e. The Labute approximate surface area is 177 Å². The molecule has 0 fully saturated rings. The molecule has 0 aliphatic heterocycles. The number of nitrogens with one attached hydrogen (secondary N) is 3. The molecule has 0 unspecified atom stereocenters. The summed E-state index contributed by atoms with van der Waals surface area (Å²) in [7, 11) is 4.51. The van der Waals surface area contributed by atoms with Crippen molar-refractivity contribution >= 4 is 50.0 Å². The Morgan fingerprint density at radius 3 is 2.20 bits per heavy atom. The van der Waals surface area contributed by atoms with Gasteiger partial charge in [0.05, 0.1) is 37.2 Å². The molecule has 0 saturated heterocycles. The van der Waals surface area contributed by atoms with E-state index < -0.39 is 6.03 Å². The highest BCUT2D eigenvalue weighted by Crippen LogP contribution is 2.40. The van der Waals surface area contributed by atoms with Crippen LogP contribution in [0.2, 0.25) is 0 Å². The van der Waals surface area contributed by atoms with E-state index in [4.69, 9.17) is 14.2 Å². The van der Waals surface area contributed by atoms with Crippen LogP contribution >= 0.6 is 11.3 Å². The molecule has 0 saturated carbocycles. The molecule has 0 atom stereocenters. The molecule has 158 valence electrons. The summed E-state index contributed by atoms with van der Waals surface area (Å²) in [5, 5.41) is 8.78. The van der Waals surface area contributed by atoms with Gasteiger partial charge in [0.25, 0.3) is 0 Å². The van der Waals surface area contributed by atoms with Crippen molar-refractivity contribution in [2.75, 3.05) is 37.3 Å². The van der Waals surface area contributed by atoms with Crippen molar-refractivity contribution in [1.29, 1.82) is 0 Å². The summed E-state index contributed by atoms with van der Waals surface area (Å²) in [5.41, 5.74) is 1.80. The molecule has 0 radical (unpaired) electrons. The third-order valence-corrected chi connectivity index (χ3v) is 5.07. The van der Waals surface area contributed by atoms with Crippen LogP contribution in [0.1, 0.15) is 13.3 Å². The number of rotatable bonds is 7. The van der Waals surface area contributed by atoms with Gasteiger partial charge < -0.3 is 30.2 Å². The number of aromatic nitrogens is 1. The Balaban J connectivity index is 1.74. The first-order valence-corrected chi connectivity index (χ1v) is 9.87. The molecule has 1 aromatic heterocycles. The number of hydrogen-bond donors (Lipinski definition) is 3. The van der Waals surface area contributed by atoms with Crippen molar-refractivity contribution < 1.29 is 23.8 Å². The number of urea groups is 1. The lowest BCUT2D eigenvalue weighted by Crippen LogP contribution is -2.19. The SMILES string of the molecule is CCC(=O)Nc1nc2ccc(NC(=O)Nc3cc(OC)c(OC)c(OC)c3)cc2s1. The maximum absolute atomic E-state index is 12.5. The monoisotopic (exact) mass is 430 g/mol. The number of ether oxygens (including phenoxy) is 3. The minimum atomic E-state index is -0.437. The summed E-state index contributed by atoms with van der Waals surface area (Å²) in [6.07, 6.45) is 0.379. The highest BCUT2D eigenvalue weighted by atomic mass is 32.1. The van der Waals surface area contributed by atoms with Crippen LogP contribution in [0.15, 0.2) is 30.3 Å². The minimum Gasteiger partial charge on any atom is -0.493 e. The number of carbonyl (C=O) groups excluding carboxylic acids is 2. The van der Waals surface area contributed by atoms with E-state index in [1.165, 1.54) is 32.7 Å². The molecule has 0 aliphatic carbocycles. The van der Waals surface area contributed by atoms with Gasteiger partial charge in [-0.05, 0) is 18.2 Å². The standard InChI is InChI=1S/C20H22N4O5S/c1-5-17(25)24-20-23-13-7-6-11(10-16(13)30-20)21-19(26)22-12-8-14(27-2)18(29-4)15(9-12)28-3/h6-10H,5H2,1-4H3,(H2,21,22,26)(H,23,24,25). The molecule has 3 N–H and O–H groups in total. The Morgan fingerprint density at radius 1 is 0.933 bits per heavy atom. The van der Waals surface area contributed by atoms with E-state index in [0.717, 1.165) is 10.2 Å². The third kappa shape index (κ3) is 4.71. The summed E-state index contributed by atoms with van der Waals surface area (Å²) >= 11 is 1.34. The van der Waals surface area contributed by atoms with E-state index in [-0.39, 0.29) is 5.91 Å². The van der Waals surface area contributed by atoms with E-state index in [9.17, 15) is 9.59 Å². The number of amides is 3. The summed E-state index contributed by atoms with van der Waals surface area (Å²) in [6, 6.07) is 8.15. The summed E-state index contributed by atoms with van der Waals surface area (Å²) in [4.78, 5) is 28.4. The van der Waals surface area contributed by atoms with Gasteiger partial charge >= 0.3 is 6.03 Å². The average molecular weight is 430 g/mol. The predicted molar refractivity (Wildman–Crippen MR) is 117 cm³/mol. The fourth-order valence-corrected chi connectivity index (χ4v) is 3.63. The first-order chi connectivity index (χ1) is 14.5. The number of thiazole rings is 1. The minimum absolute atomic E-state index is 0.0999. The van der Waals surface area contributed by atoms with Gasteiger partial charge in [0.1, 0.15) is 0 Å². The molecule has 0 spiro atoms. The molecule has 0 bridgehead atoms. The van der Waals surface area contributed by atoms with Gasteiger partial charge in [-0.25, -0.2) is 9.78 Å². The van der Waals surface area contributed by atoms with Crippen LogP contribution in [0.4, 0.5) is 21.3 Å². The zero-order valence-electron chi connectivity index (χ0n) is 17.0. The largest absolute Gasteiger partial charge is 0.493 e. The number of hydrogen-bond acceptors (Lipinski definition) is 7. The zero-order chi connectivity index (χ0) is 21.7. The Morgan fingerprint density at radius 2 is 1.60 bits per heavy atom. The van der Waals surface area contributed by atoms with Crippen molar-refractivity contribution in [2.24, 2.45) is 0 Å². The van der Waals surface area contributed by atoms with Crippen LogP contribution in [0.3, 0.4) is 0 Å². The normalized spacial score (nSPS) is 10.4. The maximum atomic E-state index is 12.5. The molecule has 3 aromatic rings. The topological polar surface area (TPSA) is 111 Å². The van der Waals surface area contributed by atoms with Gasteiger partial charge in [0.2, 0.25) is 11.7 Å². The van der Waals surface area contributed by atoms with E-state index >= 15 is 0 Å². The molecule has 2 aromatic carbocycles. The van der Waals surface area contributed by atoms with Crippen LogP contribution in [0.5, 0.6) is 17.2 Å². The number of fused-ring (bicyclic) bond motifs is 1. The van der Waals surface area contributed by atoms with Crippen molar-refractivity contribution in [3.05, 3.63) is 30.3 Å². The van der Waals surface area contributed by atoms with Gasteiger partial charge in [-0.3, -0.25) is 4.79 Å². The Kier molecular flexibility index (Phi) is 6.58. The number of carbonyl (C=O) groups is 2. The fraction of sp³-hybridized carbons (Fsp3) is 0.250. The first kappa shape index (κ1) is 21.2. The highest BCUT2D eigenvalue weighted by molar-refractivity contribution is 7.22. The second-order valence-electron chi connectivity index (χ2n) is 6.10. The van der Waals surface area contributed by atoms with Gasteiger partial charge in [-0.15, -0.1) is 0 Å². The highest BCUT2D eigenvalue weighted by Gasteiger charge is 2.15. The van der Waals surface area contributed by atoms with E-state index in [0.29, 0.717) is 40.2 Å². The number of benzene rings is 2. The fourth-order valence-electron chi connectivity index (χ4n) is 2.71. The first-order valence-electron chi connectivity index (χ1n) is 9.05.